The Morgan fingerprint density at radius 3 is 1.88 bits per heavy atom. The number of nitrogens with zero attached hydrogens (tertiary/aromatic N) is 2. The third-order valence-electron chi connectivity index (χ3n) is 7.52. The third kappa shape index (κ3) is 8.68. The van der Waals surface area contributed by atoms with Gasteiger partial charge in [-0.05, 0) is 42.2 Å². The molecule has 32 heavy (non-hydrogen) atoms. The summed E-state index contributed by atoms with van der Waals surface area (Å²) in [6, 6.07) is 8.98. The summed E-state index contributed by atoms with van der Waals surface area (Å²) in [6.07, 6.45) is 25.7. The van der Waals surface area contributed by atoms with Crippen LogP contribution in [0.15, 0.2) is 36.7 Å². The molecule has 0 bridgehead atoms. The van der Waals surface area contributed by atoms with Gasteiger partial charge < -0.3 is 0 Å². The first-order valence-electron chi connectivity index (χ1n) is 13.7. The number of rotatable bonds is 14. The van der Waals surface area contributed by atoms with E-state index in [1.54, 1.807) is 0 Å². The molecule has 176 valence electrons. The van der Waals surface area contributed by atoms with Crippen LogP contribution >= 0.6 is 0 Å². The first kappa shape index (κ1) is 24.9. The summed E-state index contributed by atoms with van der Waals surface area (Å²) in [5, 5.41) is 0. The standard InChI is InChI=1S/C30H46N2/c1-3-5-7-8-10-12-25-13-15-27(16-14-25)19-22-30-31-23-29(24-32-30)28-20-17-26(18-21-28)11-9-6-4-2/h17-18,20-21,23-25,27H,3-16,19,22H2,1-2H3/t25-,27-. The number of aromatic nitrogens is 2. The highest BCUT2D eigenvalue weighted by atomic mass is 14.9. The summed E-state index contributed by atoms with van der Waals surface area (Å²) < 4.78 is 0. The Hall–Kier alpha value is -1.70. The lowest BCUT2D eigenvalue weighted by Gasteiger charge is -2.28. The monoisotopic (exact) mass is 434 g/mol. The fourth-order valence-electron chi connectivity index (χ4n) is 5.25. The van der Waals surface area contributed by atoms with Gasteiger partial charge >= 0.3 is 0 Å². The first-order chi connectivity index (χ1) is 15.8. The molecule has 1 saturated carbocycles. The van der Waals surface area contributed by atoms with E-state index in [9.17, 15) is 0 Å². The van der Waals surface area contributed by atoms with Gasteiger partial charge in [-0.3, -0.25) is 0 Å². The van der Waals surface area contributed by atoms with Crippen molar-refractivity contribution in [2.75, 3.05) is 0 Å². The van der Waals surface area contributed by atoms with Crippen LogP contribution in [0.25, 0.3) is 11.1 Å². The lowest BCUT2D eigenvalue weighted by molar-refractivity contribution is 0.248. The molecule has 0 radical (unpaired) electrons. The van der Waals surface area contributed by atoms with E-state index in [4.69, 9.17) is 9.97 Å². The third-order valence-corrected chi connectivity index (χ3v) is 7.52. The van der Waals surface area contributed by atoms with Gasteiger partial charge in [0.1, 0.15) is 5.82 Å². The number of aryl methyl sites for hydroxylation is 2. The van der Waals surface area contributed by atoms with Crippen LogP contribution in [-0.2, 0) is 12.8 Å². The van der Waals surface area contributed by atoms with Gasteiger partial charge in [-0.2, -0.15) is 0 Å². The van der Waals surface area contributed by atoms with Crippen molar-refractivity contribution in [3.63, 3.8) is 0 Å². The Bertz CT molecular complexity index is 726. The van der Waals surface area contributed by atoms with Gasteiger partial charge in [0.2, 0.25) is 0 Å². The smallest absolute Gasteiger partial charge is 0.128 e. The van der Waals surface area contributed by atoms with Crippen LogP contribution in [0, 0.1) is 11.8 Å². The molecule has 1 aromatic heterocycles. The van der Waals surface area contributed by atoms with E-state index in [2.05, 4.69) is 38.1 Å². The second kappa shape index (κ2) is 14.4. The van der Waals surface area contributed by atoms with E-state index in [1.165, 1.54) is 107 Å². The quantitative estimate of drug-likeness (QED) is 0.277. The van der Waals surface area contributed by atoms with Gasteiger partial charge in [0.05, 0.1) is 0 Å². The van der Waals surface area contributed by atoms with Crippen LogP contribution in [0.1, 0.15) is 115 Å². The maximum Gasteiger partial charge on any atom is 0.128 e. The summed E-state index contributed by atoms with van der Waals surface area (Å²) in [5.74, 6) is 2.90. The van der Waals surface area contributed by atoms with E-state index >= 15 is 0 Å². The maximum atomic E-state index is 4.69. The van der Waals surface area contributed by atoms with E-state index in [1.807, 2.05) is 12.4 Å². The summed E-state index contributed by atoms with van der Waals surface area (Å²) in [5.41, 5.74) is 3.79. The summed E-state index contributed by atoms with van der Waals surface area (Å²) in [6.45, 7) is 4.56. The van der Waals surface area contributed by atoms with Crippen molar-refractivity contribution in [1.82, 2.24) is 9.97 Å². The van der Waals surface area contributed by atoms with Crippen molar-refractivity contribution in [3.05, 3.63) is 48.0 Å². The van der Waals surface area contributed by atoms with Crippen LogP contribution in [0.5, 0.6) is 0 Å². The highest BCUT2D eigenvalue weighted by Gasteiger charge is 2.21. The van der Waals surface area contributed by atoms with Gasteiger partial charge in [0.25, 0.3) is 0 Å². The Kier molecular flexibility index (Phi) is 11.3. The number of hydrogen-bond donors (Lipinski definition) is 0. The molecule has 1 aliphatic rings. The minimum Gasteiger partial charge on any atom is -0.241 e. The van der Waals surface area contributed by atoms with Crippen molar-refractivity contribution >= 4 is 0 Å². The minimum atomic E-state index is 0.884. The van der Waals surface area contributed by atoms with Crippen LogP contribution < -0.4 is 0 Å². The molecule has 1 fully saturated rings. The second-order valence-electron chi connectivity index (χ2n) is 10.2. The molecule has 2 heteroatoms. The highest BCUT2D eigenvalue weighted by molar-refractivity contribution is 5.61. The van der Waals surface area contributed by atoms with E-state index < -0.39 is 0 Å². The zero-order chi connectivity index (χ0) is 22.4. The second-order valence-corrected chi connectivity index (χ2v) is 10.2. The zero-order valence-electron chi connectivity index (χ0n) is 20.8. The number of benzene rings is 1. The molecule has 1 heterocycles. The average Bonchev–Trinajstić information content (AvgIpc) is 2.84. The van der Waals surface area contributed by atoms with Crippen LogP contribution in [-0.4, -0.2) is 9.97 Å². The normalized spacial score (nSPS) is 18.7. The average molecular weight is 435 g/mol. The number of unbranched alkanes of at least 4 members (excludes halogenated alkanes) is 6. The largest absolute Gasteiger partial charge is 0.241 e. The SMILES string of the molecule is CCCCCCC[C@H]1CC[C@H](CCc2ncc(-c3ccc(CCCCC)cc3)cn2)CC1. The predicted molar refractivity (Wildman–Crippen MR) is 138 cm³/mol. The van der Waals surface area contributed by atoms with Crippen LogP contribution in [0.2, 0.25) is 0 Å². The maximum absolute atomic E-state index is 4.69. The van der Waals surface area contributed by atoms with E-state index in [0.717, 1.165) is 29.6 Å². The van der Waals surface area contributed by atoms with Crippen LogP contribution in [0.4, 0.5) is 0 Å². The van der Waals surface area contributed by atoms with Crippen molar-refractivity contribution < 1.29 is 0 Å². The molecule has 2 aromatic rings. The minimum absolute atomic E-state index is 0.884. The fraction of sp³-hybridized carbons (Fsp3) is 0.667. The van der Waals surface area contributed by atoms with E-state index in [0.29, 0.717) is 0 Å². The van der Waals surface area contributed by atoms with Crippen LogP contribution in [0.3, 0.4) is 0 Å². The Balaban J connectivity index is 1.35. The molecule has 1 aliphatic carbocycles. The molecule has 0 saturated heterocycles. The van der Waals surface area contributed by atoms with Gasteiger partial charge in [0, 0.05) is 24.4 Å². The Morgan fingerprint density at radius 2 is 1.22 bits per heavy atom. The van der Waals surface area contributed by atoms with Gasteiger partial charge in [-0.1, -0.05) is 115 Å². The molecule has 1 aromatic carbocycles. The van der Waals surface area contributed by atoms with Crippen molar-refractivity contribution in [2.24, 2.45) is 11.8 Å². The molecule has 0 N–H and O–H groups in total. The molecule has 0 atom stereocenters. The summed E-state index contributed by atoms with van der Waals surface area (Å²) in [4.78, 5) is 9.38. The van der Waals surface area contributed by atoms with E-state index in [-0.39, 0.29) is 0 Å². The molecule has 3 rings (SSSR count). The molecule has 2 nitrogen and oxygen atoms in total. The van der Waals surface area contributed by atoms with Crippen molar-refractivity contribution in [3.8, 4) is 11.1 Å². The van der Waals surface area contributed by atoms with Crippen molar-refractivity contribution in [1.29, 1.82) is 0 Å². The molecule has 0 aliphatic heterocycles. The van der Waals surface area contributed by atoms with Gasteiger partial charge in [-0.25, -0.2) is 9.97 Å². The lowest BCUT2D eigenvalue weighted by Crippen LogP contribution is -2.15. The molecule has 0 unspecified atom stereocenters. The predicted octanol–water partition coefficient (Wildman–Crippen LogP) is 8.98. The molecule has 0 spiro atoms. The molecular weight excluding hydrogens is 388 g/mol. The fourth-order valence-corrected chi connectivity index (χ4v) is 5.25. The lowest BCUT2D eigenvalue weighted by atomic mass is 9.78. The molecule has 0 amide bonds. The highest BCUT2D eigenvalue weighted by Crippen LogP contribution is 2.34. The first-order valence-corrected chi connectivity index (χ1v) is 13.7. The Morgan fingerprint density at radius 1 is 0.625 bits per heavy atom. The van der Waals surface area contributed by atoms with Gasteiger partial charge in [-0.15, -0.1) is 0 Å². The zero-order valence-corrected chi connectivity index (χ0v) is 20.8. The topological polar surface area (TPSA) is 25.8 Å². The van der Waals surface area contributed by atoms with Gasteiger partial charge in [0.15, 0.2) is 0 Å². The Labute approximate surface area is 197 Å². The summed E-state index contributed by atoms with van der Waals surface area (Å²) in [7, 11) is 0. The van der Waals surface area contributed by atoms with Crippen molar-refractivity contribution in [2.45, 2.75) is 117 Å². The number of hydrogen-bond acceptors (Lipinski definition) is 2. The molecular formula is C30H46N2. The summed E-state index contributed by atoms with van der Waals surface area (Å²) >= 11 is 0.